The molecule has 1 aliphatic rings. The first-order chi connectivity index (χ1) is 10.6. The molecule has 0 aliphatic carbocycles. The lowest BCUT2D eigenvalue weighted by Gasteiger charge is -2.35. The number of halogens is 2. The Morgan fingerprint density at radius 2 is 1.87 bits per heavy atom. The lowest BCUT2D eigenvalue weighted by Crippen LogP contribution is -2.49. The van der Waals surface area contributed by atoms with Crippen molar-refractivity contribution >= 4 is 29.9 Å². The number of hydrogen-bond donors (Lipinski definition) is 2. The van der Waals surface area contributed by atoms with Crippen molar-refractivity contribution in [3.05, 3.63) is 35.6 Å². The molecule has 23 heavy (non-hydrogen) atoms. The van der Waals surface area contributed by atoms with Gasteiger partial charge in [-0.05, 0) is 44.4 Å². The molecular weight excluding hydrogens is 406 g/mol. The van der Waals surface area contributed by atoms with E-state index in [0.717, 1.165) is 37.5 Å². The Morgan fingerprint density at radius 3 is 2.39 bits per heavy atom. The maximum atomic E-state index is 12.9. The number of guanidine groups is 1. The summed E-state index contributed by atoms with van der Waals surface area (Å²) >= 11 is 0. The fourth-order valence-electron chi connectivity index (χ4n) is 2.74. The van der Waals surface area contributed by atoms with Crippen LogP contribution in [0.3, 0.4) is 0 Å². The van der Waals surface area contributed by atoms with E-state index in [1.54, 1.807) is 19.2 Å². The number of hydrogen-bond acceptors (Lipinski definition) is 2. The second-order valence-corrected chi connectivity index (χ2v) is 6.10. The van der Waals surface area contributed by atoms with Crippen LogP contribution in [0.15, 0.2) is 29.3 Å². The average Bonchev–Trinajstić information content (AvgIpc) is 2.53. The topological polar surface area (TPSA) is 39.7 Å². The van der Waals surface area contributed by atoms with Crippen molar-refractivity contribution in [3.63, 3.8) is 0 Å². The van der Waals surface area contributed by atoms with Crippen LogP contribution in [-0.2, 0) is 6.54 Å². The molecule has 0 unspecified atom stereocenters. The highest BCUT2D eigenvalue weighted by Crippen LogP contribution is 2.12. The van der Waals surface area contributed by atoms with Crippen molar-refractivity contribution in [3.8, 4) is 0 Å². The number of nitrogens with zero attached hydrogens (tertiary/aromatic N) is 2. The number of rotatable bonds is 4. The Morgan fingerprint density at radius 1 is 1.26 bits per heavy atom. The van der Waals surface area contributed by atoms with E-state index >= 15 is 0 Å². The van der Waals surface area contributed by atoms with Crippen LogP contribution in [0.1, 0.15) is 32.3 Å². The normalized spacial score (nSPS) is 17.0. The molecule has 1 heterocycles. The van der Waals surface area contributed by atoms with Gasteiger partial charge in [-0.15, -0.1) is 24.0 Å². The first-order valence-electron chi connectivity index (χ1n) is 8.04. The number of nitrogens with one attached hydrogen (secondary N) is 2. The third kappa shape index (κ3) is 6.63. The van der Waals surface area contributed by atoms with E-state index in [4.69, 9.17) is 0 Å². The summed E-state index contributed by atoms with van der Waals surface area (Å²) in [5.74, 6) is 0.607. The summed E-state index contributed by atoms with van der Waals surface area (Å²) in [6, 6.07) is 7.63. The monoisotopic (exact) mass is 434 g/mol. The molecule has 1 saturated heterocycles. The van der Waals surface area contributed by atoms with Crippen LogP contribution in [0, 0.1) is 5.82 Å². The Balaban J connectivity index is 0.00000264. The van der Waals surface area contributed by atoms with Crippen molar-refractivity contribution < 1.29 is 4.39 Å². The number of piperidine rings is 1. The molecule has 0 aromatic heterocycles. The Kier molecular flexibility index (Phi) is 8.83. The van der Waals surface area contributed by atoms with Crippen LogP contribution >= 0.6 is 24.0 Å². The van der Waals surface area contributed by atoms with Gasteiger partial charge in [-0.2, -0.15) is 0 Å². The molecule has 0 amide bonds. The fourth-order valence-corrected chi connectivity index (χ4v) is 2.74. The summed E-state index contributed by atoms with van der Waals surface area (Å²) in [7, 11) is 1.78. The van der Waals surface area contributed by atoms with E-state index < -0.39 is 0 Å². The minimum absolute atomic E-state index is 0. The third-order valence-corrected chi connectivity index (χ3v) is 4.20. The predicted molar refractivity (Wildman–Crippen MR) is 105 cm³/mol. The zero-order valence-corrected chi connectivity index (χ0v) is 16.5. The van der Waals surface area contributed by atoms with Crippen molar-refractivity contribution in [1.29, 1.82) is 0 Å². The molecule has 1 aliphatic heterocycles. The molecule has 1 aromatic rings. The summed E-state index contributed by atoms with van der Waals surface area (Å²) < 4.78 is 12.9. The molecule has 0 saturated carbocycles. The van der Waals surface area contributed by atoms with Crippen molar-refractivity contribution in [2.45, 2.75) is 45.3 Å². The molecular formula is C17H28FIN4. The van der Waals surface area contributed by atoms with Gasteiger partial charge in [-0.3, -0.25) is 4.99 Å². The minimum Gasteiger partial charge on any atom is -0.354 e. The summed E-state index contributed by atoms with van der Waals surface area (Å²) in [4.78, 5) is 6.78. The van der Waals surface area contributed by atoms with E-state index in [2.05, 4.69) is 34.4 Å². The molecule has 0 spiro atoms. The van der Waals surface area contributed by atoms with Crippen molar-refractivity contribution in [2.75, 3.05) is 20.1 Å². The lowest BCUT2D eigenvalue weighted by atomic mass is 10.0. The zero-order chi connectivity index (χ0) is 15.9. The highest BCUT2D eigenvalue weighted by Gasteiger charge is 2.21. The van der Waals surface area contributed by atoms with Gasteiger partial charge in [0.25, 0.3) is 0 Å². The van der Waals surface area contributed by atoms with Crippen LogP contribution in [0.25, 0.3) is 0 Å². The molecule has 2 N–H and O–H groups in total. The highest BCUT2D eigenvalue weighted by molar-refractivity contribution is 14.0. The first-order valence-corrected chi connectivity index (χ1v) is 8.04. The largest absolute Gasteiger partial charge is 0.354 e. The molecule has 0 bridgehead atoms. The van der Waals surface area contributed by atoms with E-state index in [9.17, 15) is 4.39 Å². The van der Waals surface area contributed by atoms with Crippen molar-refractivity contribution in [2.24, 2.45) is 4.99 Å². The van der Waals surface area contributed by atoms with Gasteiger partial charge >= 0.3 is 0 Å². The molecule has 130 valence electrons. The van der Waals surface area contributed by atoms with Gasteiger partial charge < -0.3 is 15.5 Å². The minimum atomic E-state index is -0.205. The van der Waals surface area contributed by atoms with E-state index in [0.29, 0.717) is 18.6 Å². The van der Waals surface area contributed by atoms with Crippen LogP contribution in [0.4, 0.5) is 4.39 Å². The van der Waals surface area contributed by atoms with Gasteiger partial charge in [-0.1, -0.05) is 12.1 Å². The van der Waals surface area contributed by atoms with E-state index in [1.165, 1.54) is 12.1 Å². The third-order valence-electron chi connectivity index (χ3n) is 4.20. The fraction of sp³-hybridized carbons (Fsp3) is 0.588. The lowest BCUT2D eigenvalue weighted by molar-refractivity contribution is 0.167. The second kappa shape index (κ2) is 10.1. The quantitative estimate of drug-likeness (QED) is 0.435. The standard InChI is InChI=1S/C17H27FN4.HI/c1-13(2)22-10-8-16(9-11-22)21-17(19-3)20-12-14-4-6-15(18)7-5-14;/h4-7,13,16H,8-12H2,1-3H3,(H2,19,20,21);1H. The maximum absolute atomic E-state index is 12.9. The van der Waals surface area contributed by atoms with Crippen LogP contribution in [-0.4, -0.2) is 43.1 Å². The van der Waals surface area contributed by atoms with Crippen molar-refractivity contribution in [1.82, 2.24) is 15.5 Å². The molecule has 0 radical (unpaired) electrons. The second-order valence-electron chi connectivity index (χ2n) is 6.10. The summed E-state index contributed by atoms with van der Waals surface area (Å²) in [6.45, 7) is 7.40. The number of aliphatic imine (C=N–C) groups is 1. The molecule has 6 heteroatoms. The van der Waals surface area contributed by atoms with Gasteiger partial charge in [0, 0.05) is 38.8 Å². The predicted octanol–water partition coefficient (Wildman–Crippen LogP) is 2.98. The van der Waals surface area contributed by atoms with Gasteiger partial charge in [0.05, 0.1) is 0 Å². The Bertz CT molecular complexity index is 482. The first kappa shape index (κ1) is 20.2. The van der Waals surface area contributed by atoms with E-state index in [1.807, 2.05) is 0 Å². The Labute approximate surface area is 156 Å². The maximum Gasteiger partial charge on any atom is 0.191 e. The molecule has 2 rings (SSSR count). The zero-order valence-electron chi connectivity index (χ0n) is 14.2. The van der Waals surface area contributed by atoms with E-state index in [-0.39, 0.29) is 29.8 Å². The highest BCUT2D eigenvalue weighted by atomic mass is 127. The van der Waals surface area contributed by atoms with Crippen LogP contribution in [0.2, 0.25) is 0 Å². The van der Waals surface area contributed by atoms with Crippen LogP contribution < -0.4 is 10.6 Å². The summed E-state index contributed by atoms with van der Waals surface area (Å²) in [5.41, 5.74) is 1.04. The molecule has 4 nitrogen and oxygen atoms in total. The summed E-state index contributed by atoms with van der Waals surface area (Å²) in [5, 5.41) is 6.77. The SMILES string of the molecule is CN=C(NCc1ccc(F)cc1)NC1CCN(C(C)C)CC1.I. The van der Waals surface area contributed by atoms with Crippen LogP contribution in [0.5, 0.6) is 0 Å². The molecule has 1 fully saturated rings. The molecule has 1 aromatic carbocycles. The smallest absolute Gasteiger partial charge is 0.191 e. The molecule has 0 atom stereocenters. The summed E-state index contributed by atoms with van der Waals surface area (Å²) in [6.07, 6.45) is 2.27. The van der Waals surface area contributed by atoms with Gasteiger partial charge in [0.2, 0.25) is 0 Å². The van der Waals surface area contributed by atoms with Gasteiger partial charge in [-0.25, -0.2) is 4.39 Å². The average molecular weight is 434 g/mol. The Hall–Kier alpha value is -0.890. The number of benzene rings is 1. The van der Waals surface area contributed by atoms with Gasteiger partial charge in [0.15, 0.2) is 5.96 Å². The van der Waals surface area contributed by atoms with Gasteiger partial charge in [0.1, 0.15) is 5.82 Å². The number of likely N-dealkylation sites (tertiary alicyclic amines) is 1.